The first-order chi connectivity index (χ1) is 14.2. The molecule has 2 aromatic rings. The fraction of sp³-hybridized carbons (Fsp3) is 0.500. The standard InChI is InChI=1S/C24H32N2O3/c1-25-19-11-13-24(14-12-19)17-26(15-18-7-4-5-8-21(18)29-24)16-20-22(27-2)9-6-10-23(20)28-3/h4-10,19,25H,11-17H2,1-3H3. The van der Waals surface area contributed by atoms with E-state index >= 15 is 0 Å². The van der Waals surface area contributed by atoms with E-state index in [1.54, 1.807) is 14.2 Å². The van der Waals surface area contributed by atoms with E-state index in [0.717, 1.165) is 68.1 Å². The van der Waals surface area contributed by atoms with Gasteiger partial charge in [0.25, 0.3) is 0 Å². The van der Waals surface area contributed by atoms with Gasteiger partial charge in [0, 0.05) is 31.2 Å². The first-order valence-corrected chi connectivity index (χ1v) is 10.5. The molecular formula is C24H32N2O3. The third-order valence-electron chi connectivity index (χ3n) is 6.42. The van der Waals surface area contributed by atoms with E-state index < -0.39 is 0 Å². The van der Waals surface area contributed by atoms with Crippen LogP contribution in [0.25, 0.3) is 0 Å². The van der Waals surface area contributed by atoms with Crippen LogP contribution >= 0.6 is 0 Å². The molecule has 1 spiro atoms. The molecule has 0 bridgehead atoms. The molecule has 0 aromatic heterocycles. The summed E-state index contributed by atoms with van der Waals surface area (Å²) in [6.07, 6.45) is 4.41. The van der Waals surface area contributed by atoms with Crippen molar-refractivity contribution in [3.63, 3.8) is 0 Å². The molecule has 1 fully saturated rings. The largest absolute Gasteiger partial charge is 0.496 e. The molecule has 156 valence electrons. The van der Waals surface area contributed by atoms with Gasteiger partial charge in [-0.15, -0.1) is 0 Å². The highest BCUT2D eigenvalue weighted by atomic mass is 16.5. The molecule has 0 radical (unpaired) electrons. The molecule has 2 aliphatic rings. The molecule has 0 saturated heterocycles. The highest BCUT2D eigenvalue weighted by Crippen LogP contribution is 2.40. The number of hydrogen-bond donors (Lipinski definition) is 1. The summed E-state index contributed by atoms with van der Waals surface area (Å²) < 4.78 is 18.0. The highest BCUT2D eigenvalue weighted by Gasteiger charge is 2.41. The Balaban J connectivity index is 1.65. The van der Waals surface area contributed by atoms with Gasteiger partial charge in [0.05, 0.1) is 19.8 Å². The zero-order valence-corrected chi connectivity index (χ0v) is 17.7. The molecule has 2 aromatic carbocycles. The Hall–Kier alpha value is -2.24. The molecule has 0 unspecified atom stereocenters. The Morgan fingerprint density at radius 2 is 1.72 bits per heavy atom. The van der Waals surface area contributed by atoms with Crippen molar-refractivity contribution in [3.05, 3.63) is 53.6 Å². The molecule has 1 heterocycles. The normalized spacial score (nSPS) is 24.4. The van der Waals surface area contributed by atoms with Gasteiger partial charge in [0.1, 0.15) is 22.8 Å². The summed E-state index contributed by atoms with van der Waals surface area (Å²) in [7, 11) is 5.51. The predicted molar refractivity (Wildman–Crippen MR) is 115 cm³/mol. The smallest absolute Gasteiger partial charge is 0.127 e. The van der Waals surface area contributed by atoms with Crippen LogP contribution in [0.1, 0.15) is 36.8 Å². The Morgan fingerprint density at radius 1 is 1.03 bits per heavy atom. The average Bonchev–Trinajstić information content (AvgIpc) is 2.90. The fourth-order valence-corrected chi connectivity index (χ4v) is 4.82. The molecule has 1 aliphatic heterocycles. The van der Waals surface area contributed by atoms with Crippen LogP contribution in [0.2, 0.25) is 0 Å². The summed E-state index contributed by atoms with van der Waals surface area (Å²) in [5.74, 6) is 2.77. The molecule has 29 heavy (non-hydrogen) atoms. The summed E-state index contributed by atoms with van der Waals surface area (Å²) in [6.45, 7) is 2.52. The van der Waals surface area contributed by atoms with Crippen molar-refractivity contribution in [3.8, 4) is 17.2 Å². The Labute approximate surface area is 174 Å². The minimum absolute atomic E-state index is 0.144. The fourth-order valence-electron chi connectivity index (χ4n) is 4.82. The molecule has 5 heteroatoms. The molecule has 5 nitrogen and oxygen atoms in total. The second-order valence-corrected chi connectivity index (χ2v) is 8.24. The summed E-state index contributed by atoms with van der Waals surface area (Å²) in [5, 5.41) is 3.44. The zero-order chi connectivity index (χ0) is 20.3. The van der Waals surface area contributed by atoms with Crippen LogP contribution < -0.4 is 19.5 Å². The maximum atomic E-state index is 6.73. The lowest BCUT2D eigenvalue weighted by Crippen LogP contribution is -2.50. The van der Waals surface area contributed by atoms with Crippen molar-refractivity contribution in [2.75, 3.05) is 27.8 Å². The number of nitrogens with zero attached hydrogens (tertiary/aromatic N) is 1. The van der Waals surface area contributed by atoms with Crippen molar-refractivity contribution in [1.82, 2.24) is 10.2 Å². The molecule has 1 aliphatic carbocycles. The number of methoxy groups -OCH3 is 2. The quantitative estimate of drug-likeness (QED) is 0.828. The molecule has 0 amide bonds. The maximum Gasteiger partial charge on any atom is 0.127 e. The molecule has 1 N–H and O–H groups in total. The number of nitrogens with one attached hydrogen (secondary N) is 1. The second kappa shape index (κ2) is 8.64. The minimum Gasteiger partial charge on any atom is -0.496 e. The highest BCUT2D eigenvalue weighted by molar-refractivity contribution is 5.45. The number of hydrogen-bond acceptors (Lipinski definition) is 5. The van der Waals surface area contributed by atoms with Gasteiger partial charge in [-0.25, -0.2) is 0 Å². The van der Waals surface area contributed by atoms with Gasteiger partial charge < -0.3 is 19.5 Å². The van der Waals surface area contributed by atoms with E-state index in [-0.39, 0.29) is 5.60 Å². The van der Waals surface area contributed by atoms with Gasteiger partial charge >= 0.3 is 0 Å². The minimum atomic E-state index is -0.144. The monoisotopic (exact) mass is 396 g/mol. The van der Waals surface area contributed by atoms with Crippen LogP contribution in [0.4, 0.5) is 0 Å². The SMILES string of the molecule is CNC1CCC2(CC1)CN(Cc1c(OC)cccc1OC)Cc1ccccc1O2. The van der Waals surface area contributed by atoms with Gasteiger partial charge in [-0.3, -0.25) is 4.90 Å². The topological polar surface area (TPSA) is 43.0 Å². The van der Waals surface area contributed by atoms with Crippen LogP contribution in [-0.4, -0.2) is 44.4 Å². The van der Waals surface area contributed by atoms with E-state index in [4.69, 9.17) is 14.2 Å². The molecular weight excluding hydrogens is 364 g/mol. The number of rotatable bonds is 5. The van der Waals surface area contributed by atoms with Gasteiger partial charge in [-0.2, -0.15) is 0 Å². The van der Waals surface area contributed by atoms with Crippen LogP contribution in [0.5, 0.6) is 17.2 Å². The lowest BCUT2D eigenvalue weighted by atomic mass is 9.81. The summed E-state index contributed by atoms with van der Waals surface area (Å²) in [5.41, 5.74) is 2.19. The average molecular weight is 397 g/mol. The lowest BCUT2D eigenvalue weighted by Gasteiger charge is -2.41. The van der Waals surface area contributed by atoms with Crippen molar-refractivity contribution >= 4 is 0 Å². The first kappa shape index (κ1) is 20.0. The number of ether oxygens (including phenoxy) is 3. The summed E-state index contributed by atoms with van der Waals surface area (Å²) in [6, 6.07) is 15.1. The van der Waals surface area contributed by atoms with E-state index in [1.165, 1.54) is 5.56 Å². The van der Waals surface area contributed by atoms with E-state index in [9.17, 15) is 0 Å². The van der Waals surface area contributed by atoms with Crippen LogP contribution in [0, 0.1) is 0 Å². The van der Waals surface area contributed by atoms with Crippen molar-refractivity contribution < 1.29 is 14.2 Å². The predicted octanol–water partition coefficient (Wildman–Crippen LogP) is 4.00. The molecule has 1 saturated carbocycles. The Bertz CT molecular complexity index is 808. The molecule has 0 atom stereocenters. The van der Waals surface area contributed by atoms with Crippen molar-refractivity contribution in [2.24, 2.45) is 0 Å². The van der Waals surface area contributed by atoms with E-state index in [2.05, 4.69) is 41.5 Å². The summed E-state index contributed by atoms with van der Waals surface area (Å²) in [4.78, 5) is 2.49. The van der Waals surface area contributed by atoms with Crippen LogP contribution in [0.15, 0.2) is 42.5 Å². The first-order valence-electron chi connectivity index (χ1n) is 10.5. The van der Waals surface area contributed by atoms with Crippen molar-refractivity contribution in [2.45, 2.75) is 50.4 Å². The van der Waals surface area contributed by atoms with Gasteiger partial charge in [0.2, 0.25) is 0 Å². The lowest BCUT2D eigenvalue weighted by molar-refractivity contribution is -0.00347. The van der Waals surface area contributed by atoms with Gasteiger partial charge in [-0.1, -0.05) is 24.3 Å². The summed E-state index contributed by atoms with van der Waals surface area (Å²) >= 11 is 0. The van der Waals surface area contributed by atoms with Crippen molar-refractivity contribution in [1.29, 1.82) is 0 Å². The third-order valence-corrected chi connectivity index (χ3v) is 6.42. The second-order valence-electron chi connectivity index (χ2n) is 8.24. The molecule has 4 rings (SSSR count). The van der Waals surface area contributed by atoms with Crippen LogP contribution in [0.3, 0.4) is 0 Å². The maximum absolute atomic E-state index is 6.73. The number of fused-ring (bicyclic) bond motifs is 1. The Kier molecular flexibility index (Phi) is 5.97. The van der Waals surface area contributed by atoms with Gasteiger partial charge in [0.15, 0.2) is 0 Å². The number of para-hydroxylation sites is 1. The Morgan fingerprint density at radius 3 is 2.38 bits per heavy atom. The zero-order valence-electron chi connectivity index (χ0n) is 17.7. The third kappa shape index (κ3) is 4.21. The van der Waals surface area contributed by atoms with E-state index in [0.29, 0.717) is 6.04 Å². The van der Waals surface area contributed by atoms with Gasteiger partial charge in [-0.05, 0) is 50.9 Å². The van der Waals surface area contributed by atoms with Crippen LogP contribution in [-0.2, 0) is 13.1 Å². The van der Waals surface area contributed by atoms with E-state index in [1.807, 2.05) is 18.2 Å². The number of benzene rings is 2.